The number of hydrogen-bond donors (Lipinski definition) is 1. The Kier molecular flexibility index (Phi) is 4.50. The van der Waals surface area contributed by atoms with Crippen LogP contribution in [0.3, 0.4) is 0 Å². The van der Waals surface area contributed by atoms with E-state index in [0.29, 0.717) is 5.56 Å². The molecule has 11 heteroatoms. The molecule has 2 aromatic rings. The number of hydrazone groups is 1. The molecule has 0 fully saturated rings. The molecule has 0 unspecified atom stereocenters. The normalized spacial score (nSPS) is 10.7. The first kappa shape index (κ1) is 15.9. The van der Waals surface area contributed by atoms with Crippen molar-refractivity contribution in [2.24, 2.45) is 5.10 Å². The van der Waals surface area contributed by atoms with Crippen LogP contribution in [0.25, 0.3) is 0 Å². The molecule has 0 atom stereocenters. The highest BCUT2D eigenvalue weighted by molar-refractivity contribution is 5.93. The maximum atomic E-state index is 11.7. The molecule has 2 rings (SSSR count). The van der Waals surface area contributed by atoms with Gasteiger partial charge in [-0.05, 0) is 17.0 Å². The van der Waals surface area contributed by atoms with Crippen LogP contribution in [0.4, 0.5) is 5.69 Å². The summed E-state index contributed by atoms with van der Waals surface area (Å²) < 4.78 is 9.13. The minimum Gasteiger partial charge on any atom is -0.490 e. The Balaban J connectivity index is 2.12. The molecular weight excluding hydrogens is 310 g/mol. The summed E-state index contributed by atoms with van der Waals surface area (Å²) in [4.78, 5) is 22.1. The molecule has 0 spiro atoms. The van der Waals surface area contributed by atoms with E-state index in [1.165, 1.54) is 38.4 Å². The number of amides is 1. The summed E-state index contributed by atoms with van der Waals surface area (Å²) in [7, 11) is 1.32. The van der Waals surface area contributed by atoms with Gasteiger partial charge in [-0.15, -0.1) is 0 Å². The van der Waals surface area contributed by atoms with Gasteiger partial charge in [0, 0.05) is 18.6 Å². The van der Waals surface area contributed by atoms with E-state index < -0.39 is 10.8 Å². The number of methoxy groups -OCH3 is 1. The third-order valence-corrected chi connectivity index (χ3v) is 2.82. The number of benzene rings is 1. The van der Waals surface area contributed by atoms with E-state index in [-0.39, 0.29) is 27.7 Å². The Morgan fingerprint density at radius 3 is 2.87 bits per heavy atom. The number of nitrogens with zero attached hydrogens (tertiary/aromatic N) is 4. The maximum Gasteiger partial charge on any atom is 0.322 e. The highest BCUT2D eigenvalue weighted by Gasteiger charge is 2.22. The fraction of sp³-hybridized carbons (Fsp3) is 0.167. The van der Waals surface area contributed by atoms with Crippen molar-refractivity contribution >= 4 is 17.8 Å². The van der Waals surface area contributed by atoms with Crippen LogP contribution in [0.1, 0.15) is 21.7 Å². The molecule has 1 amide bonds. The largest absolute Gasteiger partial charge is 0.490 e. The van der Waals surface area contributed by atoms with Gasteiger partial charge in [-0.3, -0.25) is 19.5 Å². The first-order chi connectivity index (χ1) is 10.9. The predicted octanol–water partition coefficient (Wildman–Crippen LogP) is 0.297. The number of hydrogen-bond acceptors (Lipinski definition) is 8. The van der Waals surface area contributed by atoms with Crippen molar-refractivity contribution in [3.8, 4) is 5.75 Å². The van der Waals surface area contributed by atoms with Crippen molar-refractivity contribution in [3.63, 3.8) is 0 Å². The van der Waals surface area contributed by atoms with Gasteiger partial charge in [0.05, 0.1) is 23.4 Å². The highest BCUT2D eigenvalue weighted by Crippen LogP contribution is 2.26. The van der Waals surface area contributed by atoms with Crippen LogP contribution in [0.2, 0.25) is 0 Å². The number of nitrogens with one attached hydrogen (secondary N) is 1. The van der Waals surface area contributed by atoms with E-state index in [0.717, 1.165) is 0 Å². The molecule has 0 radical (unpaired) electrons. The summed E-state index contributed by atoms with van der Waals surface area (Å²) in [6.07, 6.45) is 1.20. The van der Waals surface area contributed by atoms with Gasteiger partial charge in [0.15, 0.2) is 5.75 Å². The molecule has 0 aliphatic carbocycles. The van der Waals surface area contributed by atoms with E-state index in [1.54, 1.807) is 0 Å². The van der Waals surface area contributed by atoms with Crippen molar-refractivity contribution in [2.75, 3.05) is 7.11 Å². The quantitative estimate of drug-likeness (QED) is 0.360. The van der Waals surface area contributed by atoms with E-state index in [1.807, 2.05) is 0 Å². The van der Waals surface area contributed by atoms with Crippen molar-refractivity contribution < 1.29 is 24.0 Å². The highest BCUT2D eigenvalue weighted by atomic mass is 16.8. The molecule has 0 aliphatic rings. The van der Waals surface area contributed by atoms with Crippen LogP contribution < -0.4 is 15.1 Å². The summed E-state index contributed by atoms with van der Waals surface area (Å²) in [5, 5.41) is 28.8. The molecule has 0 aliphatic heterocycles. The number of carbonyl (C=O) groups is 1. The Bertz CT molecular complexity index is 784. The number of rotatable bonds is 5. The number of ether oxygens (including phenoxy) is 1. The topological polar surface area (TPSA) is 147 Å². The third kappa shape index (κ3) is 3.40. The Morgan fingerprint density at radius 2 is 2.30 bits per heavy atom. The van der Waals surface area contributed by atoms with E-state index >= 15 is 0 Å². The van der Waals surface area contributed by atoms with Crippen LogP contribution in [0.15, 0.2) is 27.9 Å². The third-order valence-electron chi connectivity index (χ3n) is 2.82. The summed E-state index contributed by atoms with van der Waals surface area (Å²) in [5.74, 6) is -0.644. The lowest BCUT2D eigenvalue weighted by atomic mass is 10.2. The van der Waals surface area contributed by atoms with Crippen LogP contribution in [-0.4, -0.2) is 29.3 Å². The molecule has 120 valence electrons. The van der Waals surface area contributed by atoms with E-state index in [9.17, 15) is 20.1 Å². The molecule has 1 N–H and O–H groups in total. The lowest BCUT2D eigenvalue weighted by Gasteiger charge is -2.01. The minimum atomic E-state index is -0.750. The second-order valence-electron chi connectivity index (χ2n) is 4.25. The maximum absolute atomic E-state index is 11.7. The summed E-state index contributed by atoms with van der Waals surface area (Å²) in [5.41, 5.74) is 2.04. The predicted molar refractivity (Wildman–Crippen MR) is 74.9 cm³/mol. The fourth-order valence-corrected chi connectivity index (χ4v) is 1.65. The average molecular weight is 321 g/mol. The minimum absolute atomic E-state index is 0.0159. The molecule has 0 saturated carbocycles. The van der Waals surface area contributed by atoms with Gasteiger partial charge in [0.25, 0.3) is 0 Å². The van der Waals surface area contributed by atoms with Gasteiger partial charge in [-0.25, -0.2) is 5.43 Å². The summed E-state index contributed by atoms with van der Waals surface area (Å²) in [6.45, 7) is 1.36. The molecule has 1 aromatic heterocycles. The van der Waals surface area contributed by atoms with Gasteiger partial charge in [0.2, 0.25) is 5.69 Å². The smallest absolute Gasteiger partial charge is 0.322 e. The van der Waals surface area contributed by atoms with Crippen LogP contribution in [-0.2, 0) is 0 Å². The molecule has 11 nitrogen and oxygen atoms in total. The number of nitro groups is 1. The van der Waals surface area contributed by atoms with Crippen LogP contribution >= 0.6 is 0 Å². The second kappa shape index (κ2) is 6.51. The first-order valence-corrected chi connectivity index (χ1v) is 6.16. The molecule has 23 heavy (non-hydrogen) atoms. The van der Waals surface area contributed by atoms with Gasteiger partial charge in [-0.1, -0.05) is 0 Å². The van der Waals surface area contributed by atoms with Crippen molar-refractivity contribution in [2.45, 2.75) is 6.92 Å². The van der Waals surface area contributed by atoms with E-state index in [2.05, 4.69) is 20.3 Å². The van der Waals surface area contributed by atoms with Crippen molar-refractivity contribution in [1.29, 1.82) is 0 Å². The van der Waals surface area contributed by atoms with E-state index in [4.69, 9.17) is 4.74 Å². The Labute approximate surface area is 128 Å². The standard InChI is InChI=1S/C12H11N5O6/c1-7-11(15-23-17(7)21)12(18)14-13-6-8-3-4-10(22-2)9(5-8)16(19)20/h3-6H,1-2H3,(H,14,18)/b13-6+. The zero-order valence-corrected chi connectivity index (χ0v) is 12.0. The average Bonchev–Trinajstić information content (AvgIpc) is 2.86. The van der Waals surface area contributed by atoms with Gasteiger partial charge >= 0.3 is 17.3 Å². The fourth-order valence-electron chi connectivity index (χ4n) is 1.65. The number of carbonyl (C=O) groups excluding carboxylic acids is 1. The number of aromatic nitrogens is 2. The first-order valence-electron chi connectivity index (χ1n) is 6.16. The zero-order valence-electron chi connectivity index (χ0n) is 12.0. The van der Waals surface area contributed by atoms with Crippen LogP contribution in [0, 0.1) is 22.2 Å². The lowest BCUT2D eigenvalue weighted by Crippen LogP contribution is -2.28. The van der Waals surface area contributed by atoms with Gasteiger partial charge in [-0.2, -0.15) is 5.10 Å². The van der Waals surface area contributed by atoms with Gasteiger partial charge < -0.3 is 9.94 Å². The molecule has 0 bridgehead atoms. The molecule has 1 aromatic carbocycles. The van der Waals surface area contributed by atoms with Crippen molar-refractivity contribution in [3.05, 3.63) is 50.5 Å². The number of nitro benzene ring substituents is 1. The van der Waals surface area contributed by atoms with Crippen LogP contribution in [0.5, 0.6) is 5.75 Å². The zero-order chi connectivity index (χ0) is 17.0. The lowest BCUT2D eigenvalue weighted by molar-refractivity contribution is -0.806. The van der Waals surface area contributed by atoms with Gasteiger partial charge in [0.1, 0.15) is 0 Å². The molecule has 1 heterocycles. The molecular formula is C12H11N5O6. The Morgan fingerprint density at radius 1 is 1.57 bits per heavy atom. The summed E-state index contributed by atoms with van der Waals surface area (Å²) >= 11 is 0. The van der Waals surface area contributed by atoms with Crippen molar-refractivity contribution in [1.82, 2.24) is 10.6 Å². The second-order valence-corrected chi connectivity index (χ2v) is 4.25. The Hall–Kier alpha value is -3.50. The molecule has 0 saturated heterocycles. The summed E-state index contributed by atoms with van der Waals surface area (Å²) in [6, 6.07) is 4.17. The monoisotopic (exact) mass is 321 g/mol. The SMILES string of the molecule is COc1ccc(/C=N/NC(=O)c2no[n+]([O-])c2C)cc1[N+](=O)[O-].